The molecule has 6 heteroatoms. The van der Waals surface area contributed by atoms with Crippen LogP contribution in [-0.2, 0) is 9.63 Å². The molecule has 0 atom stereocenters. The number of nitrogens with zero attached hydrogens (tertiary/aromatic N) is 1. The Hall–Kier alpha value is -2.24. The monoisotopic (exact) mass is 263 g/mol. The quantitative estimate of drug-likeness (QED) is 0.775. The summed E-state index contributed by atoms with van der Waals surface area (Å²) < 4.78 is 12.7. The normalized spacial score (nSPS) is 19.3. The summed E-state index contributed by atoms with van der Waals surface area (Å²) in [5, 5.41) is 0.419. The number of imide groups is 1. The van der Waals surface area contributed by atoms with Gasteiger partial charge in [-0.2, -0.15) is 0 Å². The fourth-order valence-electron chi connectivity index (χ4n) is 1.97. The van der Waals surface area contributed by atoms with Crippen LogP contribution in [0.25, 0.3) is 0 Å². The number of halogens is 1. The molecule has 19 heavy (non-hydrogen) atoms. The van der Waals surface area contributed by atoms with Crippen molar-refractivity contribution < 1.29 is 23.6 Å². The minimum absolute atomic E-state index is 0.186. The molecule has 0 aromatic heterocycles. The molecule has 0 saturated heterocycles. The van der Waals surface area contributed by atoms with Gasteiger partial charge in [-0.3, -0.25) is 9.59 Å². The third kappa shape index (κ3) is 1.63. The Bertz CT molecular complexity index is 559. The summed E-state index contributed by atoms with van der Waals surface area (Å²) in [5.41, 5.74) is -0.786. The van der Waals surface area contributed by atoms with Crippen LogP contribution in [0.4, 0.5) is 4.39 Å². The molecule has 98 valence electrons. The number of hydrogen-bond donors (Lipinski definition) is 0. The summed E-state index contributed by atoms with van der Waals surface area (Å²) in [6.07, 6.45) is 0.761. The van der Waals surface area contributed by atoms with E-state index >= 15 is 0 Å². The number of carbonyl (C=O) groups excluding carboxylic acids is 3. The molecule has 3 rings (SSSR count). The molecule has 1 saturated carbocycles. The first kappa shape index (κ1) is 11.8. The fourth-order valence-corrected chi connectivity index (χ4v) is 1.97. The molecule has 2 amide bonds. The smallest absolute Gasteiger partial charge is 0.329 e. The number of hydroxylamine groups is 2. The maximum absolute atomic E-state index is 12.7. The second kappa shape index (κ2) is 3.88. The number of rotatable bonds is 3. The van der Waals surface area contributed by atoms with Gasteiger partial charge in [0.25, 0.3) is 11.8 Å². The van der Waals surface area contributed by atoms with Crippen LogP contribution in [0.15, 0.2) is 24.3 Å². The molecule has 1 aromatic carbocycles. The molecule has 0 radical (unpaired) electrons. The average Bonchev–Trinajstić information content (AvgIpc) is 3.20. The van der Waals surface area contributed by atoms with Gasteiger partial charge in [-0.25, -0.2) is 9.18 Å². The summed E-state index contributed by atoms with van der Waals surface area (Å²) in [4.78, 5) is 40.4. The van der Waals surface area contributed by atoms with E-state index in [1.165, 1.54) is 12.1 Å². The second-order valence-electron chi connectivity index (χ2n) is 4.74. The summed E-state index contributed by atoms with van der Waals surface area (Å²) in [5.74, 6) is -2.24. The van der Waals surface area contributed by atoms with Crippen LogP contribution < -0.4 is 0 Å². The highest BCUT2D eigenvalue weighted by molar-refractivity contribution is 6.20. The highest BCUT2D eigenvalue weighted by Gasteiger charge is 2.54. The second-order valence-corrected chi connectivity index (χ2v) is 4.74. The van der Waals surface area contributed by atoms with Gasteiger partial charge in [0, 0.05) is 0 Å². The number of fused-ring (bicyclic) bond motifs is 1. The molecule has 2 aliphatic rings. The van der Waals surface area contributed by atoms with Crippen molar-refractivity contribution in [1.82, 2.24) is 5.06 Å². The van der Waals surface area contributed by atoms with Crippen molar-refractivity contribution in [2.45, 2.75) is 12.8 Å². The zero-order valence-electron chi connectivity index (χ0n) is 9.89. The molecule has 1 aliphatic heterocycles. The van der Waals surface area contributed by atoms with Crippen LogP contribution in [0.2, 0.25) is 0 Å². The van der Waals surface area contributed by atoms with E-state index in [-0.39, 0.29) is 11.1 Å². The van der Waals surface area contributed by atoms with Crippen molar-refractivity contribution in [2.75, 3.05) is 6.67 Å². The molecule has 5 nitrogen and oxygen atoms in total. The van der Waals surface area contributed by atoms with E-state index < -0.39 is 29.9 Å². The predicted molar refractivity (Wildman–Crippen MR) is 60.7 cm³/mol. The van der Waals surface area contributed by atoms with Crippen LogP contribution in [0.5, 0.6) is 0 Å². The first-order valence-electron chi connectivity index (χ1n) is 5.85. The average molecular weight is 263 g/mol. The lowest BCUT2D eigenvalue weighted by Gasteiger charge is -2.16. The lowest BCUT2D eigenvalue weighted by atomic mass is 10.1. The summed E-state index contributed by atoms with van der Waals surface area (Å²) in [7, 11) is 0. The van der Waals surface area contributed by atoms with Crippen molar-refractivity contribution in [2.24, 2.45) is 5.41 Å². The molecule has 1 aromatic rings. The molecule has 0 unspecified atom stereocenters. The van der Waals surface area contributed by atoms with Gasteiger partial charge in [0.05, 0.1) is 16.5 Å². The Kier molecular flexibility index (Phi) is 2.41. The summed E-state index contributed by atoms with van der Waals surface area (Å²) >= 11 is 0. The van der Waals surface area contributed by atoms with E-state index in [0.717, 1.165) is 0 Å². The maximum Gasteiger partial charge on any atom is 0.341 e. The number of hydrogen-bond acceptors (Lipinski definition) is 4. The zero-order valence-corrected chi connectivity index (χ0v) is 9.89. The number of carbonyl (C=O) groups is 3. The number of benzene rings is 1. The van der Waals surface area contributed by atoms with Crippen LogP contribution in [0, 0.1) is 5.41 Å². The summed E-state index contributed by atoms with van der Waals surface area (Å²) in [6, 6.07) is 6.18. The maximum atomic E-state index is 12.7. The molecule has 0 bridgehead atoms. The minimum atomic E-state index is -1.16. The molecule has 1 aliphatic carbocycles. The van der Waals surface area contributed by atoms with Gasteiger partial charge in [0.2, 0.25) is 0 Å². The Labute approximate surface area is 107 Å². The lowest BCUT2D eigenvalue weighted by Crippen LogP contribution is -2.36. The van der Waals surface area contributed by atoms with Gasteiger partial charge in [-0.15, -0.1) is 0 Å². The Morgan fingerprint density at radius 3 is 2.16 bits per heavy atom. The van der Waals surface area contributed by atoms with E-state index in [1.807, 2.05) is 0 Å². The predicted octanol–water partition coefficient (Wildman–Crippen LogP) is 1.49. The van der Waals surface area contributed by atoms with Gasteiger partial charge in [-0.05, 0) is 25.0 Å². The SMILES string of the molecule is O=C1c2ccccc2C(=O)N1OC(=O)C1(CF)CC1. The first-order chi connectivity index (χ1) is 9.09. The van der Waals surface area contributed by atoms with E-state index in [1.54, 1.807) is 12.1 Å². The largest absolute Gasteiger partial charge is 0.341 e. The van der Waals surface area contributed by atoms with E-state index in [4.69, 9.17) is 4.84 Å². The Morgan fingerprint density at radius 2 is 1.74 bits per heavy atom. The standard InChI is InChI=1S/C13H10FNO4/c14-7-13(5-6-13)12(18)19-15-10(16)8-3-1-2-4-9(8)11(15)17/h1-4H,5-7H2. The van der Waals surface area contributed by atoms with E-state index in [2.05, 4.69) is 0 Å². The van der Waals surface area contributed by atoms with Crippen molar-refractivity contribution in [3.05, 3.63) is 35.4 Å². The molecular formula is C13H10FNO4. The van der Waals surface area contributed by atoms with E-state index in [0.29, 0.717) is 17.9 Å². The Balaban J connectivity index is 1.83. The van der Waals surface area contributed by atoms with Gasteiger partial charge in [0.15, 0.2) is 0 Å². The van der Waals surface area contributed by atoms with Crippen molar-refractivity contribution in [1.29, 1.82) is 0 Å². The van der Waals surface area contributed by atoms with Crippen molar-refractivity contribution in [3.8, 4) is 0 Å². The lowest BCUT2D eigenvalue weighted by molar-refractivity contribution is -0.176. The molecule has 1 fully saturated rings. The third-order valence-corrected chi connectivity index (χ3v) is 3.47. The van der Waals surface area contributed by atoms with Crippen molar-refractivity contribution >= 4 is 17.8 Å². The minimum Gasteiger partial charge on any atom is -0.329 e. The van der Waals surface area contributed by atoms with Crippen LogP contribution in [0.3, 0.4) is 0 Å². The topological polar surface area (TPSA) is 63.7 Å². The summed E-state index contributed by atoms with van der Waals surface area (Å²) in [6.45, 7) is -0.838. The number of alkyl halides is 1. The molecule has 0 N–H and O–H groups in total. The molecular weight excluding hydrogens is 253 g/mol. The van der Waals surface area contributed by atoms with Crippen LogP contribution >= 0.6 is 0 Å². The van der Waals surface area contributed by atoms with Gasteiger partial charge in [-0.1, -0.05) is 17.2 Å². The van der Waals surface area contributed by atoms with Gasteiger partial charge >= 0.3 is 5.97 Å². The van der Waals surface area contributed by atoms with Gasteiger partial charge in [0.1, 0.15) is 6.67 Å². The Morgan fingerprint density at radius 1 is 1.21 bits per heavy atom. The van der Waals surface area contributed by atoms with Gasteiger partial charge < -0.3 is 4.84 Å². The number of amides is 2. The molecule has 1 heterocycles. The fraction of sp³-hybridized carbons (Fsp3) is 0.308. The highest BCUT2D eigenvalue weighted by Crippen LogP contribution is 2.47. The van der Waals surface area contributed by atoms with Crippen molar-refractivity contribution in [3.63, 3.8) is 0 Å². The molecule has 0 spiro atoms. The highest BCUT2D eigenvalue weighted by atomic mass is 19.1. The first-order valence-corrected chi connectivity index (χ1v) is 5.85. The third-order valence-electron chi connectivity index (χ3n) is 3.47. The zero-order chi connectivity index (χ0) is 13.6. The van der Waals surface area contributed by atoms with E-state index in [9.17, 15) is 18.8 Å². The van der Waals surface area contributed by atoms with Crippen LogP contribution in [0.1, 0.15) is 33.6 Å². The van der Waals surface area contributed by atoms with Crippen LogP contribution in [-0.4, -0.2) is 29.5 Å².